The lowest BCUT2D eigenvalue weighted by atomic mass is 10.2. The van der Waals surface area contributed by atoms with Crippen LogP contribution in [0.1, 0.15) is 16.1 Å². The number of furan rings is 1. The fourth-order valence-corrected chi connectivity index (χ4v) is 3.27. The molecular weight excluding hydrogens is 328 g/mol. The molecule has 0 aliphatic rings. The number of hydrogen-bond acceptors (Lipinski definition) is 5. The molecule has 0 saturated heterocycles. The second-order valence-corrected chi connectivity index (χ2v) is 6.85. The Balaban J connectivity index is 1.74. The van der Waals surface area contributed by atoms with E-state index >= 15 is 0 Å². The molecule has 0 spiro atoms. The summed E-state index contributed by atoms with van der Waals surface area (Å²) in [4.78, 5) is 16.1. The zero-order valence-corrected chi connectivity index (χ0v) is 13.4. The van der Waals surface area contributed by atoms with Gasteiger partial charge in [-0.15, -0.1) is 0 Å². The van der Waals surface area contributed by atoms with Gasteiger partial charge in [-0.05, 0) is 42.0 Å². The van der Waals surface area contributed by atoms with Crippen molar-refractivity contribution >= 4 is 15.7 Å². The maximum atomic E-state index is 12.4. The van der Waals surface area contributed by atoms with Crippen molar-refractivity contribution < 1.29 is 17.6 Å². The molecule has 2 heterocycles. The zero-order chi connectivity index (χ0) is 17.0. The van der Waals surface area contributed by atoms with Gasteiger partial charge in [-0.2, -0.15) is 0 Å². The third kappa shape index (κ3) is 3.36. The van der Waals surface area contributed by atoms with Crippen LogP contribution >= 0.6 is 0 Å². The number of sulfone groups is 1. The van der Waals surface area contributed by atoms with Crippen LogP contribution in [0.2, 0.25) is 0 Å². The molecule has 0 unspecified atom stereocenters. The van der Waals surface area contributed by atoms with E-state index in [1.165, 1.54) is 24.3 Å². The van der Waals surface area contributed by atoms with Crippen LogP contribution in [0, 0.1) is 0 Å². The molecule has 1 aromatic carbocycles. The number of carbonyl (C=O) groups is 1. The molecule has 24 heavy (non-hydrogen) atoms. The number of rotatable bonds is 5. The molecule has 3 aromatic rings. The van der Waals surface area contributed by atoms with E-state index in [-0.39, 0.29) is 15.7 Å². The molecule has 0 aliphatic heterocycles. The summed E-state index contributed by atoms with van der Waals surface area (Å²) >= 11 is 0. The quantitative estimate of drug-likeness (QED) is 0.769. The summed E-state index contributed by atoms with van der Waals surface area (Å²) in [6.07, 6.45) is 3.25. The van der Waals surface area contributed by atoms with Gasteiger partial charge >= 0.3 is 0 Å². The van der Waals surface area contributed by atoms with Crippen molar-refractivity contribution in [1.82, 2.24) is 10.3 Å². The molecule has 3 rings (SSSR count). The van der Waals surface area contributed by atoms with E-state index in [4.69, 9.17) is 4.42 Å². The molecular formula is C17H14N2O4S. The Bertz CT molecular complexity index is 935. The number of nitrogens with one attached hydrogen (secondary N) is 1. The summed E-state index contributed by atoms with van der Waals surface area (Å²) in [6, 6.07) is 14.1. The molecule has 7 heteroatoms. The van der Waals surface area contributed by atoms with Crippen molar-refractivity contribution in [2.24, 2.45) is 0 Å². The minimum absolute atomic E-state index is 0.0569. The predicted octanol–water partition coefficient (Wildman–Crippen LogP) is 2.44. The van der Waals surface area contributed by atoms with Gasteiger partial charge in [-0.1, -0.05) is 18.2 Å². The van der Waals surface area contributed by atoms with Gasteiger partial charge in [-0.3, -0.25) is 9.78 Å². The molecule has 1 N–H and O–H groups in total. The smallest absolute Gasteiger partial charge is 0.287 e. The van der Waals surface area contributed by atoms with E-state index in [9.17, 15) is 13.2 Å². The average molecular weight is 342 g/mol. The van der Waals surface area contributed by atoms with E-state index in [1.54, 1.807) is 42.7 Å². The highest BCUT2D eigenvalue weighted by molar-refractivity contribution is 7.91. The summed E-state index contributed by atoms with van der Waals surface area (Å²) in [7, 11) is -3.77. The number of carbonyl (C=O) groups excluding carboxylic acids is 1. The minimum Gasteiger partial charge on any atom is -0.439 e. The first kappa shape index (κ1) is 15.9. The van der Waals surface area contributed by atoms with E-state index in [1.807, 2.05) is 0 Å². The number of aromatic nitrogens is 1. The lowest BCUT2D eigenvalue weighted by Crippen LogP contribution is -2.22. The van der Waals surface area contributed by atoms with Crippen molar-refractivity contribution in [3.63, 3.8) is 0 Å². The Kier molecular flexibility index (Phi) is 4.43. The van der Waals surface area contributed by atoms with Crippen LogP contribution in [0.4, 0.5) is 0 Å². The van der Waals surface area contributed by atoms with Gasteiger partial charge < -0.3 is 9.73 Å². The first-order valence-corrected chi connectivity index (χ1v) is 8.63. The van der Waals surface area contributed by atoms with Crippen LogP contribution in [-0.4, -0.2) is 19.3 Å². The van der Waals surface area contributed by atoms with Crippen LogP contribution in [-0.2, 0) is 16.4 Å². The highest BCUT2D eigenvalue weighted by Gasteiger charge is 2.23. The molecule has 0 saturated carbocycles. The second-order valence-electron chi connectivity index (χ2n) is 4.97. The molecule has 0 bridgehead atoms. The third-order valence-electron chi connectivity index (χ3n) is 3.33. The third-order valence-corrected chi connectivity index (χ3v) is 4.97. The summed E-state index contributed by atoms with van der Waals surface area (Å²) in [5.74, 6) is -0.542. The van der Waals surface area contributed by atoms with Crippen LogP contribution < -0.4 is 5.32 Å². The number of benzene rings is 1. The molecule has 0 aliphatic carbocycles. The average Bonchev–Trinajstić information content (AvgIpc) is 3.12. The Morgan fingerprint density at radius 2 is 1.71 bits per heavy atom. The van der Waals surface area contributed by atoms with Gasteiger partial charge in [0, 0.05) is 18.9 Å². The SMILES string of the molecule is O=C(NCc1ccncc1)c1ccc(S(=O)(=O)c2ccccc2)o1. The van der Waals surface area contributed by atoms with Crippen molar-refractivity contribution in [3.8, 4) is 0 Å². The Labute approximate surface area is 139 Å². The lowest BCUT2D eigenvalue weighted by molar-refractivity contribution is 0.0918. The maximum Gasteiger partial charge on any atom is 0.287 e. The van der Waals surface area contributed by atoms with E-state index < -0.39 is 15.7 Å². The monoisotopic (exact) mass is 342 g/mol. The fraction of sp³-hybridized carbons (Fsp3) is 0.0588. The minimum atomic E-state index is -3.77. The highest BCUT2D eigenvalue weighted by atomic mass is 32.2. The van der Waals surface area contributed by atoms with Crippen molar-refractivity contribution in [2.45, 2.75) is 16.5 Å². The molecule has 2 aromatic heterocycles. The number of amides is 1. The van der Waals surface area contributed by atoms with Crippen LogP contribution in [0.3, 0.4) is 0 Å². The standard InChI is InChI=1S/C17H14N2O4S/c20-17(19-12-13-8-10-18-11-9-13)15-6-7-16(23-15)24(21,22)14-4-2-1-3-5-14/h1-11H,12H2,(H,19,20). The van der Waals surface area contributed by atoms with Crippen molar-refractivity contribution in [3.05, 3.63) is 78.3 Å². The van der Waals surface area contributed by atoms with Crippen LogP contribution in [0.5, 0.6) is 0 Å². The normalized spacial score (nSPS) is 11.2. The Hall–Kier alpha value is -2.93. The van der Waals surface area contributed by atoms with Gasteiger partial charge in [0.15, 0.2) is 5.76 Å². The molecule has 0 atom stereocenters. The van der Waals surface area contributed by atoms with Gasteiger partial charge in [0.25, 0.3) is 5.91 Å². The van der Waals surface area contributed by atoms with Crippen molar-refractivity contribution in [1.29, 1.82) is 0 Å². The molecule has 1 amide bonds. The van der Waals surface area contributed by atoms with E-state index in [0.717, 1.165) is 5.56 Å². The molecule has 0 fully saturated rings. The fourth-order valence-electron chi connectivity index (χ4n) is 2.07. The lowest BCUT2D eigenvalue weighted by Gasteiger charge is -2.03. The van der Waals surface area contributed by atoms with Gasteiger partial charge in [0.2, 0.25) is 14.9 Å². The summed E-state index contributed by atoms with van der Waals surface area (Å²) in [6.45, 7) is 0.294. The topological polar surface area (TPSA) is 89.3 Å². The summed E-state index contributed by atoms with van der Waals surface area (Å²) in [5.41, 5.74) is 0.877. The Morgan fingerprint density at radius 3 is 2.42 bits per heavy atom. The number of nitrogens with zero attached hydrogens (tertiary/aromatic N) is 1. The Morgan fingerprint density at radius 1 is 1.00 bits per heavy atom. The van der Waals surface area contributed by atoms with E-state index in [2.05, 4.69) is 10.3 Å². The molecule has 122 valence electrons. The van der Waals surface area contributed by atoms with Crippen LogP contribution in [0.25, 0.3) is 0 Å². The van der Waals surface area contributed by atoms with Gasteiger partial charge in [0.1, 0.15) is 0 Å². The predicted molar refractivity (Wildman–Crippen MR) is 86.0 cm³/mol. The summed E-state index contributed by atoms with van der Waals surface area (Å²) in [5, 5.41) is 2.40. The maximum absolute atomic E-state index is 12.4. The molecule has 6 nitrogen and oxygen atoms in total. The van der Waals surface area contributed by atoms with Crippen LogP contribution in [0.15, 0.2) is 81.4 Å². The van der Waals surface area contributed by atoms with E-state index in [0.29, 0.717) is 6.54 Å². The first-order chi connectivity index (χ1) is 11.6. The highest BCUT2D eigenvalue weighted by Crippen LogP contribution is 2.22. The second kappa shape index (κ2) is 6.67. The van der Waals surface area contributed by atoms with Crippen molar-refractivity contribution in [2.75, 3.05) is 0 Å². The summed E-state index contributed by atoms with van der Waals surface area (Å²) < 4.78 is 30.1. The van der Waals surface area contributed by atoms with Gasteiger partial charge in [0.05, 0.1) is 4.90 Å². The first-order valence-electron chi connectivity index (χ1n) is 7.14. The number of hydrogen-bond donors (Lipinski definition) is 1. The largest absolute Gasteiger partial charge is 0.439 e. The van der Waals surface area contributed by atoms with Gasteiger partial charge in [-0.25, -0.2) is 8.42 Å². The number of pyridine rings is 1. The molecule has 0 radical (unpaired) electrons. The zero-order valence-electron chi connectivity index (χ0n) is 12.5.